The highest BCUT2D eigenvalue weighted by Gasteiger charge is 2.04. The maximum absolute atomic E-state index is 6.07. The van der Waals surface area contributed by atoms with Crippen molar-refractivity contribution in [3.63, 3.8) is 0 Å². The summed E-state index contributed by atoms with van der Waals surface area (Å²) in [6.45, 7) is 0. The van der Waals surface area contributed by atoms with E-state index in [9.17, 15) is 0 Å². The van der Waals surface area contributed by atoms with Gasteiger partial charge >= 0.3 is 0 Å². The lowest BCUT2D eigenvalue weighted by molar-refractivity contribution is 0.417. The van der Waals surface area contributed by atoms with Crippen LogP contribution in [-0.4, -0.2) is 7.11 Å². The zero-order valence-electron chi connectivity index (χ0n) is 9.71. The molecule has 0 heterocycles. The van der Waals surface area contributed by atoms with Crippen LogP contribution in [0.2, 0.25) is 10.0 Å². The van der Waals surface area contributed by atoms with Gasteiger partial charge in [-0.05, 0) is 30.3 Å². The molecule has 18 heavy (non-hydrogen) atoms. The highest BCUT2D eigenvalue weighted by molar-refractivity contribution is 6.35. The second kappa shape index (κ2) is 5.38. The molecule has 2 aromatic carbocycles. The number of hydrogen-bond acceptors (Lipinski definition) is 3. The Hall–Kier alpha value is -1.58. The van der Waals surface area contributed by atoms with E-state index in [2.05, 4.69) is 5.32 Å². The summed E-state index contributed by atoms with van der Waals surface area (Å²) in [4.78, 5) is 0. The fourth-order valence-corrected chi connectivity index (χ4v) is 1.87. The maximum Gasteiger partial charge on any atom is 0.143 e. The quantitative estimate of drug-likeness (QED) is 0.824. The summed E-state index contributed by atoms with van der Waals surface area (Å²) in [5.74, 6) is 0.609. The first-order chi connectivity index (χ1) is 8.60. The molecule has 0 spiro atoms. The third kappa shape index (κ3) is 2.81. The van der Waals surface area contributed by atoms with Crippen molar-refractivity contribution in [1.82, 2.24) is 0 Å². The van der Waals surface area contributed by atoms with Gasteiger partial charge in [0, 0.05) is 16.8 Å². The summed E-state index contributed by atoms with van der Waals surface area (Å²) >= 11 is 12.0. The lowest BCUT2D eigenvalue weighted by atomic mass is 10.2. The second-order valence-corrected chi connectivity index (χ2v) is 4.55. The summed E-state index contributed by atoms with van der Waals surface area (Å²) in [5, 5.41) is 4.37. The van der Waals surface area contributed by atoms with Crippen LogP contribution in [0.3, 0.4) is 0 Å². The molecule has 0 amide bonds. The molecule has 0 aromatic heterocycles. The Labute approximate surface area is 115 Å². The Balaban J connectivity index is 2.31. The molecular weight excluding hydrogens is 271 g/mol. The van der Waals surface area contributed by atoms with Crippen molar-refractivity contribution in [1.29, 1.82) is 0 Å². The van der Waals surface area contributed by atoms with Crippen molar-refractivity contribution in [2.24, 2.45) is 0 Å². The molecule has 5 heteroatoms. The predicted octanol–water partition coefficient (Wildman–Crippen LogP) is 4.33. The minimum absolute atomic E-state index is 0.584. The number of benzene rings is 2. The number of hydrogen-bond donors (Lipinski definition) is 2. The van der Waals surface area contributed by atoms with Crippen molar-refractivity contribution in [3.8, 4) is 5.75 Å². The van der Waals surface area contributed by atoms with E-state index in [-0.39, 0.29) is 0 Å². The van der Waals surface area contributed by atoms with E-state index in [0.29, 0.717) is 21.5 Å². The number of methoxy groups -OCH3 is 1. The van der Waals surface area contributed by atoms with Crippen LogP contribution in [0.1, 0.15) is 0 Å². The Morgan fingerprint density at radius 1 is 1.11 bits per heavy atom. The standard InChI is InChI=1S/C13H12Cl2N2O/c1-18-13-7-9(3-5-11(13)16)17-12-6-8(14)2-4-10(12)15/h2-7,17H,16H2,1H3. The highest BCUT2D eigenvalue weighted by Crippen LogP contribution is 2.31. The molecule has 3 N–H and O–H groups in total. The zero-order chi connectivity index (χ0) is 13.1. The van der Waals surface area contributed by atoms with Gasteiger partial charge in [0.25, 0.3) is 0 Å². The number of rotatable bonds is 3. The van der Waals surface area contributed by atoms with Gasteiger partial charge < -0.3 is 15.8 Å². The lowest BCUT2D eigenvalue weighted by Gasteiger charge is -2.11. The van der Waals surface area contributed by atoms with Crippen molar-refractivity contribution in [3.05, 3.63) is 46.4 Å². The molecule has 0 bridgehead atoms. The predicted molar refractivity (Wildman–Crippen MR) is 77.2 cm³/mol. The summed E-state index contributed by atoms with van der Waals surface area (Å²) in [7, 11) is 1.57. The van der Waals surface area contributed by atoms with E-state index >= 15 is 0 Å². The topological polar surface area (TPSA) is 47.3 Å². The number of halogens is 2. The Morgan fingerprint density at radius 3 is 2.61 bits per heavy atom. The molecule has 0 unspecified atom stereocenters. The summed E-state index contributed by atoms with van der Waals surface area (Å²) < 4.78 is 5.15. The molecule has 0 saturated heterocycles. The second-order valence-electron chi connectivity index (χ2n) is 3.71. The smallest absolute Gasteiger partial charge is 0.143 e. The van der Waals surface area contributed by atoms with Crippen molar-refractivity contribution in [2.45, 2.75) is 0 Å². The molecule has 94 valence electrons. The number of nitrogens with one attached hydrogen (secondary N) is 1. The minimum atomic E-state index is 0.584. The highest BCUT2D eigenvalue weighted by atomic mass is 35.5. The number of ether oxygens (including phenoxy) is 1. The van der Waals surface area contributed by atoms with Crippen LogP contribution in [0.5, 0.6) is 5.75 Å². The molecule has 3 nitrogen and oxygen atoms in total. The third-order valence-electron chi connectivity index (χ3n) is 2.44. The molecular formula is C13H12Cl2N2O. The van der Waals surface area contributed by atoms with Gasteiger partial charge in [0.15, 0.2) is 0 Å². The molecule has 2 rings (SSSR count). The van der Waals surface area contributed by atoms with Gasteiger partial charge in [0.05, 0.1) is 23.5 Å². The Bertz CT molecular complexity index is 573. The number of nitrogen functional groups attached to an aromatic ring is 1. The molecule has 0 aliphatic carbocycles. The van der Waals surface area contributed by atoms with Crippen LogP contribution in [0, 0.1) is 0 Å². The van der Waals surface area contributed by atoms with Crippen LogP contribution in [-0.2, 0) is 0 Å². The van der Waals surface area contributed by atoms with Gasteiger partial charge in [-0.2, -0.15) is 0 Å². The SMILES string of the molecule is COc1cc(Nc2cc(Cl)ccc2Cl)ccc1N. The molecule has 0 aliphatic heterocycles. The maximum atomic E-state index is 6.07. The van der Waals surface area contributed by atoms with E-state index < -0.39 is 0 Å². The first-order valence-corrected chi connectivity index (χ1v) is 6.01. The van der Waals surface area contributed by atoms with Gasteiger partial charge in [-0.25, -0.2) is 0 Å². The molecule has 0 radical (unpaired) electrons. The fraction of sp³-hybridized carbons (Fsp3) is 0.0769. The summed E-state index contributed by atoms with van der Waals surface area (Å²) in [5.41, 5.74) is 7.89. The Kier molecular flexibility index (Phi) is 3.84. The normalized spacial score (nSPS) is 10.2. The van der Waals surface area contributed by atoms with Gasteiger partial charge in [-0.3, -0.25) is 0 Å². The van der Waals surface area contributed by atoms with Crippen molar-refractivity contribution < 1.29 is 4.74 Å². The van der Waals surface area contributed by atoms with E-state index in [4.69, 9.17) is 33.7 Å². The average Bonchev–Trinajstić information content (AvgIpc) is 2.36. The largest absolute Gasteiger partial charge is 0.495 e. The zero-order valence-corrected chi connectivity index (χ0v) is 11.2. The average molecular weight is 283 g/mol. The number of anilines is 3. The van der Waals surface area contributed by atoms with E-state index in [1.165, 1.54) is 0 Å². The molecule has 0 fully saturated rings. The van der Waals surface area contributed by atoms with Gasteiger partial charge in [-0.15, -0.1) is 0 Å². The van der Waals surface area contributed by atoms with E-state index in [0.717, 1.165) is 11.4 Å². The summed E-state index contributed by atoms with van der Waals surface area (Å²) in [6.07, 6.45) is 0. The molecule has 0 atom stereocenters. The van der Waals surface area contributed by atoms with Gasteiger partial charge in [0.1, 0.15) is 5.75 Å². The van der Waals surface area contributed by atoms with E-state index in [1.54, 1.807) is 37.4 Å². The number of nitrogens with two attached hydrogens (primary N) is 1. The van der Waals surface area contributed by atoms with Gasteiger partial charge in [-0.1, -0.05) is 23.2 Å². The summed E-state index contributed by atoms with van der Waals surface area (Å²) in [6, 6.07) is 10.6. The van der Waals surface area contributed by atoms with Crippen LogP contribution in [0.4, 0.5) is 17.1 Å². The van der Waals surface area contributed by atoms with Crippen LogP contribution < -0.4 is 15.8 Å². The minimum Gasteiger partial charge on any atom is -0.495 e. The van der Waals surface area contributed by atoms with E-state index in [1.807, 2.05) is 6.07 Å². The monoisotopic (exact) mass is 282 g/mol. The van der Waals surface area contributed by atoms with Crippen LogP contribution in [0.15, 0.2) is 36.4 Å². The van der Waals surface area contributed by atoms with Crippen LogP contribution in [0.25, 0.3) is 0 Å². The van der Waals surface area contributed by atoms with Crippen LogP contribution >= 0.6 is 23.2 Å². The lowest BCUT2D eigenvalue weighted by Crippen LogP contribution is -1.95. The molecule has 0 saturated carbocycles. The fourth-order valence-electron chi connectivity index (χ4n) is 1.54. The first-order valence-electron chi connectivity index (χ1n) is 5.26. The molecule has 0 aliphatic rings. The third-order valence-corrected chi connectivity index (χ3v) is 3.01. The Morgan fingerprint density at radius 2 is 1.89 bits per heavy atom. The van der Waals surface area contributed by atoms with Gasteiger partial charge in [0.2, 0.25) is 0 Å². The van der Waals surface area contributed by atoms with Crippen molar-refractivity contribution in [2.75, 3.05) is 18.2 Å². The van der Waals surface area contributed by atoms with Crippen molar-refractivity contribution >= 4 is 40.3 Å². The molecule has 2 aromatic rings. The first kappa shape index (κ1) is 12.9.